The van der Waals surface area contributed by atoms with Crippen LogP contribution < -0.4 is 10.0 Å². The number of carbonyl (C=O) groups excluding carboxylic acids is 1. The van der Waals surface area contributed by atoms with Crippen molar-refractivity contribution in [2.45, 2.75) is 24.1 Å². The Bertz CT molecular complexity index is 527. The van der Waals surface area contributed by atoms with Crippen LogP contribution in [0.3, 0.4) is 0 Å². The number of aromatic nitrogens is 1. The van der Waals surface area contributed by atoms with Gasteiger partial charge < -0.3 is 10.1 Å². The number of hydrogen-bond donors (Lipinski definition) is 2. The maximum absolute atomic E-state index is 12.1. The van der Waals surface area contributed by atoms with Crippen LogP contribution in [0.5, 0.6) is 0 Å². The summed E-state index contributed by atoms with van der Waals surface area (Å²) in [4.78, 5) is 15.1. The molecule has 0 aromatic carbocycles. The van der Waals surface area contributed by atoms with E-state index in [1.165, 1.54) is 12.6 Å². The zero-order valence-corrected chi connectivity index (χ0v) is 12.6. The Hall–Kier alpha value is -1.03. The highest BCUT2D eigenvalue weighted by Gasteiger charge is 2.26. The lowest BCUT2D eigenvalue weighted by Gasteiger charge is -2.13. The smallest absolute Gasteiger partial charge is 0.358 e. The molecule has 1 rings (SSSR count). The van der Waals surface area contributed by atoms with Crippen molar-refractivity contribution in [3.8, 4) is 0 Å². The minimum Gasteiger partial charge on any atom is -0.464 e. The van der Waals surface area contributed by atoms with Crippen LogP contribution in [0.25, 0.3) is 0 Å². The molecule has 0 amide bonds. The summed E-state index contributed by atoms with van der Waals surface area (Å²) in [7, 11) is -2.57. The number of sulfonamides is 1. The molecule has 19 heavy (non-hydrogen) atoms. The summed E-state index contributed by atoms with van der Waals surface area (Å²) >= 11 is 0.882. The lowest BCUT2D eigenvalue weighted by atomic mass is 10.3. The van der Waals surface area contributed by atoms with Gasteiger partial charge in [-0.3, -0.25) is 0 Å². The molecular formula is C10H17N3O4S2. The van der Waals surface area contributed by atoms with E-state index in [9.17, 15) is 13.2 Å². The second-order valence-corrected chi connectivity index (χ2v) is 6.61. The predicted molar refractivity (Wildman–Crippen MR) is 71.8 cm³/mol. The summed E-state index contributed by atoms with van der Waals surface area (Å²) in [5.74, 6) is -0.763. The fourth-order valence-corrected chi connectivity index (χ4v) is 3.68. The molecule has 0 aliphatic carbocycles. The first-order valence-corrected chi connectivity index (χ1v) is 8.03. The van der Waals surface area contributed by atoms with Crippen LogP contribution in [0.2, 0.25) is 0 Å². The third-order valence-corrected chi connectivity index (χ3v) is 5.08. The van der Waals surface area contributed by atoms with E-state index in [4.69, 9.17) is 0 Å². The van der Waals surface area contributed by atoms with Crippen molar-refractivity contribution in [3.63, 3.8) is 0 Å². The van der Waals surface area contributed by atoms with Crippen LogP contribution in [0.4, 0.5) is 0 Å². The Balaban J connectivity index is 2.83. The number of nitrogens with zero attached hydrogens (tertiary/aromatic N) is 1. The number of carbonyl (C=O) groups is 1. The van der Waals surface area contributed by atoms with E-state index in [-0.39, 0.29) is 22.5 Å². The van der Waals surface area contributed by atoms with Gasteiger partial charge in [0, 0.05) is 12.6 Å². The van der Waals surface area contributed by atoms with Gasteiger partial charge in [0.05, 0.1) is 12.6 Å². The van der Waals surface area contributed by atoms with Crippen molar-refractivity contribution in [2.24, 2.45) is 0 Å². The number of ether oxygens (including phenoxy) is 1. The summed E-state index contributed by atoms with van der Waals surface area (Å²) < 4.78 is 30.9. The summed E-state index contributed by atoms with van der Waals surface area (Å²) in [6.07, 6.45) is 0. The van der Waals surface area contributed by atoms with E-state index < -0.39 is 16.0 Å². The van der Waals surface area contributed by atoms with Crippen molar-refractivity contribution in [1.82, 2.24) is 15.0 Å². The molecule has 7 nitrogen and oxygen atoms in total. The normalized spacial score (nSPS) is 13.2. The Morgan fingerprint density at radius 1 is 1.58 bits per heavy atom. The molecule has 0 radical (unpaired) electrons. The first-order valence-electron chi connectivity index (χ1n) is 5.67. The lowest BCUT2D eigenvalue weighted by molar-refractivity contribution is 0.0590. The van der Waals surface area contributed by atoms with Gasteiger partial charge in [0.25, 0.3) is 10.0 Å². The summed E-state index contributed by atoms with van der Waals surface area (Å²) in [6.45, 7) is 4.77. The van der Waals surface area contributed by atoms with Gasteiger partial charge in [-0.1, -0.05) is 6.92 Å². The van der Waals surface area contributed by atoms with Gasteiger partial charge >= 0.3 is 5.97 Å². The number of esters is 1. The van der Waals surface area contributed by atoms with E-state index in [0.29, 0.717) is 0 Å². The molecule has 0 spiro atoms. The summed E-state index contributed by atoms with van der Waals surface area (Å²) in [5.41, 5.74) is 1.12. The van der Waals surface area contributed by atoms with E-state index >= 15 is 0 Å². The van der Waals surface area contributed by atoms with Gasteiger partial charge in [0.1, 0.15) is 0 Å². The van der Waals surface area contributed by atoms with Crippen LogP contribution in [0.15, 0.2) is 9.72 Å². The Morgan fingerprint density at radius 3 is 2.84 bits per heavy atom. The third kappa shape index (κ3) is 4.23. The molecule has 1 heterocycles. The molecule has 1 atom stereocenters. The first kappa shape index (κ1) is 16.0. The van der Waals surface area contributed by atoms with Gasteiger partial charge in [-0.25, -0.2) is 22.9 Å². The molecule has 0 saturated carbocycles. The molecule has 0 unspecified atom stereocenters. The average Bonchev–Trinajstić information content (AvgIpc) is 2.86. The lowest BCUT2D eigenvalue weighted by Crippen LogP contribution is -2.38. The zero-order chi connectivity index (χ0) is 14.5. The molecule has 9 heteroatoms. The largest absolute Gasteiger partial charge is 0.464 e. The van der Waals surface area contributed by atoms with Crippen LogP contribution in [0, 0.1) is 0 Å². The van der Waals surface area contributed by atoms with Gasteiger partial charge in [0.2, 0.25) is 0 Å². The second kappa shape index (κ2) is 6.94. The molecule has 0 saturated heterocycles. The summed E-state index contributed by atoms with van der Waals surface area (Å²) in [5, 5.41) is 3.08. The SMILES string of the molecule is CCN[C@H](C)CNS(=O)(=O)c1scnc1C(=O)OC. The predicted octanol–water partition coefficient (Wildman–Crippen LogP) is 0.206. The Labute approximate surface area is 116 Å². The maximum atomic E-state index is 12.1. The van der Waals surface area contributed by atoms with Crippen LogP contribution in [-0.4, -0.2) is 45.6 Å². The highest BCUT2D eigenvalue weighted by atomic mass is 32.2. The van der Waals surface area contributed by atoms with Crippen molar-refractivity contribution in [3.05, 3.63) is 11.2 Å². The van der Waals surface area contributed by atoms with E-state index in [2.05, 4.69) is 19.8 Å². The van der Waals surface area contributed by atoms with Crippen molar-refractivity contribution < 1.29 is 17.9 Å². The molecule has 2 N–H and O–H groups in total. The summed E-state index contributed by atoms with van der Waals surface area (Å²) in [6, 6.07) is -0.00530. The minimum absolute atomic E-state index is 0.00530. The highest BCUT2D eigenvalue weighted by Crippen LogP contribution is 2.20. The molecular weight excluding hydrogens is 290 g/mol. The first-order chi connectivity index (χ1) is 8.92. The van der Waals surface area contributed by atoms with Crippen molar-refractivity contribution in [1.29, 1.82) is 0 Å². The fraction of sp³-hybridized carbons (Fsp3) is 0.600. The Morgan fingerprint density at radius 2 is 2.26 bits per heavy atom. The minimum atomic E-state index is -3.75. The van der Waals surface area contributed by atoms with Crippen LogP contribution in [0.1, 0.15) is 24.3 Å². The number of methoxy groups -OCH3 is 1. The molecule has 0 bridgehead atoms. The van der Waals surface area contributed by atoms with Crippen LogP contribution >= 0.6 is 11.3 Å². The maximum Gasteiger partial charge on any atom is 0.358 e. The van der Waals surface area contributed by atoms with Crippen molar-refractivity contribution in [2.75, 3.05) is 20.2 Å². The monoisotopic (exact) mass is 307 g/mol. The van der Waals surface area contributed by atoms with Gasteiger partial charge in [-0.05, 0) is 13.5 Å². The van der Waals surface area contributed by atoms with Crippen LogP contribution in [-0.2, 0) is 14.8 Å². The van der Waals surface area contributed by atoms with Gasteiger partial charge in [-0.2, -0.15) is 0 Å². The molecule has 0 aliphatic rings. The number of thiazole rings is 1. The molecule has 0 fully saturated rings. The average molecular weight is 307 g/mol. The molecule has 108 valence electrons. The van der Waals surface area contributed by atoms with E-state index in [1.807, 2.05) is 13.8 Å². The van der Waals surface area contributed by atoms with Crippen molar-refractivity contribution >= 4 is 27.3 Å². The molecule has 1 aromatic rings. The van der Waals surface area contributed by atoms with Gasteiger partial charge in [-0.15, -0.1) is 11.3 Å². The Kier molecular flexibility index (Phi) is 5.85. The number of nitrogens with one attached hydrogen (secondary N) is 2. The third-order valence-electron chi connectivity index (χ3n) is 2.29. The van der Waals surface area contributed by atoms with Gasteiger partial charge in [0.15, 0.2) is 9.90 Å². The second-order valence-electron chi connectivity index (χ2n) is 3.79. The zero-order valence-electron chi connectivity index (χ0n) is 11.0. The molecule has 0 aliphatic heterocycles. The van der Waals surface area contributed by atoms with E-state index in [1.54, 1.807) is 0 Å². The quantitative estimate of drug-likeness (QED) is 0.699. The topological polar surface area (TPSA) is 97.4 Å². The highest BCUT2D eigenvalue weighted by molar-refractivity contribution is 7.91. The standard InChI is InChI=1S/C10H17N3O4S2/c1-4-11-7(2)5-13-19(15,16)10-8(9(14)17-3)12-6-18-10/h6-7,11,13H,4-5H2,1-3H3/t7-/m1/s1. The molecule has 1 aromatic heterocycles. The number of hydrogen-bond acceptors (Lipinski definition) is 7. The van der Waals surface area contributed by atoms with E-state index in [0.717, 1.165) is 17.9 Å². The fourth-order valence-electron chi connectivity index (χ4n) is 1.38. The number of rotatable bonds is 7. The number of likely N-dealkylation sites (N-methyl/N-ethyl adjacent to an activating group) is 1.